The van der Waals surface area contributed by atoms with Gasteiger partial charge in [0.05, 0.1) is 22.8 Å². The normalized spacial score (nSPS) is 29.7. The summed E-state index contributed by atoms with van der Waals surface area (Å²) in [6, 6.07) is 20.0. The summed E-state index contributed by atoms with van der Waals surface area (Å²) in [6.07, 6.45) is 30.9. The fourth-order valence-corrected chi connectivity index (χ4v) is 7.74. The summed E-state index contributed by atoms with van der Waals surface area (Å²) in [4.78, 5) is 5.29. The average molecular weight is 540 g/mol. The predicted molar refractivity (Wildman–Crippen MR) is 170 cm³/mol. The van der Waals surface area contributed by atoms with Crippen molar-refractivity contribution in [2.24, 2.45) is 21.8 Å². The van der Waals surface area contributed by atoms with Gasteiger partial charge in [-0.1, -0.05) is 97.2 Å². The number of rotatable bonds is 3. The molecule has 3 nitrogen and oxygen atoms in total. The highest BCUT2D eigenvalue weighted by atomic mass is 15.5. The Morgan fingerprint density at radius 3 is 2.67 bits per heavy atom. The molecule has 1 aromatic heterocycles. The molecule has 4 atom stereocenters. The Kier molecular flexibility index (Phi) is 4.33. The zero-order valence-electron chi connectivity index (χ0n) is 23.2. The molecule has 2 saturated carbocycles. The van der Waals surface area contributed by atoms with Crippen LogP contribution in [-0.2, 0) is 0 Å². The Morgan fingerprint density at radius 1 is 0.833 bits per heavy atom. The van der Waals surface area contributed by atoms with Crippen LogP contribution in [0.1, 0.15) is 47.6 Å². The third-order valence-corrected chi connectivity index (χ3v) is 10.4. The lowest BCUT2D eigenvalue weighted by Crippen LogP contribution is -2.33. The molecule has 0 amide bonds. The number of hydrogen-bond acceptors (Lipinski definition) is 3. The van der Waals surface area contributed by atoms with Crippen molar-refractivity contribution in [2.75, 3.05) is 0 Å². The van der Waals surface area contributed by atoms with Gasteiger partial charge >= 0.3 is 0 Å². The van der Waals surface area contributed by atoms with Crippen molar-refractivity contribution in [1.29, 1.82) is 0 Å². The number of benzene rings is 2. The maximum atomic E-state index is 5.29. The SMILES string of the molecule is C1=CC23C=CC(c4cc(C5=NN6C=c7ccccc7=CC6=CC5)nc(-c5ccc6c(c5)C5CC5C=C6)c4)=CC2(C=C1)C3. The first-order chi connectivity index (χ1) is 20.7. The van der Waals surface area contributed by atoms with Gasteiger partial charge in [-0.2, -0.15) is 5.10 Å². The van der Waals surface area contributed by atoms with E-state index < -0.39 is 0 Å². The van der Waals surface area contributed by atoms with Crippen LogP contribution in [0.3, 0.4) is 0 Å². The van der Waals surface area contributed by atoms with Crippen molar-refractivity contribution in [3.05, 3.63) is 148 Å². The van der Waals surface area contributed by atoms with Gasteiger partial charge in [0.1, 0.15) is 0 Å². The first kappa shape index (κ1) is 22.9. The average Bonchev–Trinajstić information content (AvgIpc) is 3.95. The summed E-state index contributed by atoms with van der Waals surface area (Å²) >= 11 is 0. The molecular formula is C39H29N3. The summed E-state index contributed by atoms with van der Waals surface area (Å²) in [5.74, 6) is 1.39. The van der Waals surface area contributed by atoms with Crippen LogP contribution in [0.25, 0.3) is 35.2 Å². The van der Waals surface area contributed by atoms with Gasteiger partial charge in [0.25, 0.3) is 0 Å². The molecule has 3 heterocycles. The molecule has 5 aliphatic carbocycles. The van der Waals surface area contributed by atoms with Crippen molar-refractivity contribution in [1.82, 2.24) is 9.99 Å². The Morgan fingerprint density at radius 2 is 1.71 bits per heavy atom. The van der Waals surface area contributed by atoms with E-state index in [1.54, 1.807) is 0 Å². The van der Waals surface area contributed by atoms with Gasteiger partial charge in [0.2, 0.25) is 0 Å². The van der Waals surface area contributed by atoms with Crippen LogP contribution in [0.5, 0.6) is 0 Å². The summed E-state index contributed by atoms with van der Waals surface area (Å²) in [5.41, 5.74) is 10.9. The molecule has 3 heteroatoms. The van der Waals surface area contributed by atoms with Gasteiger partial charge in [-0.15, -0.1) is 0 Å². The third kappa shape index (κ3) is 3.28. The van der Waals surface area contributed by atoms with Gasteiger partial charge in [0.15, 0.2) is 0 Å². The van der Waals surface area contributed by atoms with Crippen LogP contribution >= 0.6 is 0 Å². The smallest absolute Gasteiger partial charge is 0.0908 e. The maximum Gasteiger partial charge on any atom is 0.0908 e. The molecule has 0 bridgehead atoms. The molecule has 3 aromatic rings. The molecule has 0 N–H and O–H groups in total. The van der Waals surface area contributed by atoms with Crippen LogP contribution in [0, 0.1) is 16.7 Å². The van der Waals surface area contributed by atoms with E-state index in [9.17, 15) is 0 Å². The number of nitrogens with zero attached hydrogens (tertiary/aromatic N) is 3. The second-order valence-corrected chi connectivity index (χ2v) is 12.9. The lowest BCUT2D eigenvalue weighted by molar-refractivity contribution is 0.551. The van der Waals surface area contributed by atoms with E-state index in [0.29, 0.717) is 5.92 Å². The van der Waals surface area contributed by atoms with E-state index in [-0.39, 0.29) is 10.8 Å². The second kappa shape index (κ2) is 7.95. The number of aromatic nitrogens is 1. The van der Waals surface area contributed by atoms with E-state index in [1.807, 2.05) is 5.01 Å². The number of fused-ring (bicyclic) bond motifs is 5. The van der Waals surface area contributed by atoms with E-state index in [2.05, 4.69) is 128 Å². The lowest BCUT2D eigenvalue weighted by atomic mass is 9.81. The molecule has 2 fully saturated rings. The van der Waals surface area contributed by atoms with E-state index in [0.717, 1.165) is 41.6 Å². The second-order valence-electron chi connectivity index (χ2n) is 12.9. The molecule has 7 aliphatic rings. The summed E-state index contributed by atoms with van der Waals surface area (Å²) < 4.78 is 0. The van der Waals surface area contributed by atoms with Crippen molar-refractivity contribution in [2.45, 2.75) is 25.2 Å². The molecule has 4 unspecified atom stereocenters. The lowest BCUT2D eigenvalue weighted by Gasteiger charge is -2.25. The predicted octanol–water partition coefficient (Wildman–Crippen LogP) is 6.86. The number of hydrogen-bond donors (Lipinski definition) is 0. The van der Waals surface area contributed by atoms with Crippen molar-refractivity contribution < 1.29 is 0 Å². The van der Waals surface area contributed by atoms with Crippen molar-refractivity contribution in [3.63, 3.8) is 0 Å². The summed E-state index contributed by atoms with van der Waals surface area (Å²) in [7, 11) is 0. The molecule has 0 radical (unpaired) electrons. The highest BCUT2D eigenvalue weighted by molar-refractivity contribution is 6.02. The Labute approximate surface area is 245 Å². The van der Waals surface area contributed by atoms with Crippen LogP contribution in [0.2, 0.25) is 0 Å². The number of allylic oxidation sites excluding steroid dienone is 11. The van der Waals surface area contributed by atoms with Crippen LogP contribution in [-0.4, -0.2) is 15.7 Å². The van der Waals surface area contributed by atoms with E-state index >= 15 is 0 Å². The number of hydrazone groups is 1. The molecule has 42 heavy (non-hydrogen) atoms. The topological polar surface area (TPSA) is 28.5 Å². The minimum Gasteiger partial charge on any atom is -0.246 e. The van der Waals surface area contributed by atoms with E-state index in [4.69, 9.17) is 10.1 Å². The Bertz CT molecular complexity index is 2100. The zero-order valence-corrected chi connectivity index (χ0v) is 23.2. The Hall–Kier alpha value is -4.76. The zero-order chi connectivity index (χ0) is 27.5. The number of pyridine rings is 1. The van der Waals surface area contributed by atoms with Gasteiger partial charge in [-0.05, 0) is 76.4 Å². The third-order valence-electron chi connectivity index (χ3n) is 10.4. The minimum absolute atomic E-state index is 0.112. The Balaban J connectivity index is 1.11. The first-order valence-electron chi connectivity index (χ1n) is 15.2. The van der Waals surface area contributed by atoms with Gasteiger partial charge in [0, 0.05) is 34.2 Å². The molecule has 200 valence electrons. The van der Waals surface area contributed by atoms with Gasteiger partial charge < -0.3 is 0 Å². The van der Waals surface area contributed by atoms with Crippen LogP contribution in [0.15, 0.2) is 120 Å². The highest BCUT2D eigenvalue weighted by Gasteiger charge is 2.63. The van der Waals surface area contributed by atoms with Gasteiger partial charge in [-0.25, -0.2) is 9.99 Å². The molecular weight excluding hydrogens is 510 g/mol. The quantitative estimate of drug-likeness (QED) is 0.364. The largest absolute Gasteiger partial charge is 0.246 e. The molecule has 2 aliphatic heterocycles. The van der Waals surface area contributed by atoms with E-state index in [1.165, 1.54) is 44.7 Å². The molecule has 10 rings (SSSR count). The summed E-state index contributed by atoms with van der Waals surface area (Å²) in [5, 5.41) is 9.57. The summed E-state index contributed by atoms with van der Waals surface area (Å²) in [6.45, 7) is 0. The van der Waals surface area contributed by atoms with Crippen molar-refractivity contribution >= 4 is 29.6 Å². The van der Waals surface area contributed by atoms with Gasteiger partial charge in [-0.3, -0.25) is 0 Å². The standard InChI is InChI=1S/C39H29N3/c1-2-6-30-23-42-32(17-26(30)5-1)11-12-35(41-42)37-21-31(29-13-16-38-14-3-4-15-39(38,22-29)24-38)20-36(40-37)28-10-8-25-7-9-27-18-34(27)33(25)19-28/h1-11,13-17,19-23,27,34H,12,18,24H2. The van der Waals surface area contributed by atoms with Crippen LogP contribution < -0.4 is 10.4 Å². The highest BCUT2D eigenvalue weighted by Crippen LogP contribution is 2.71. The molecule has 0 saturated heterocycles. The van der Waals surface area contributed by atoms with Crippen molar-refractivity contribution in [3.8, 4) is 11.3 Å². The maximum absolute atomic E-state index is 5.29. The minimum atomic E-state index is 0.112. The molecule has 0 spiro atoms. The monoisotopic (exact) mass is 539 g/mol. The first-order valence-corrected chi connectivity index (χ1v) is 15.2. The molecule has 2 aromatic carbocycles. The fraction of sp³-hybridized carbons (Fsp3) is 0.179. The van der Waals surface area contributed by atoms with Crippen LogP contribution in [0.4, 0.5) is 0 Å². The fourth-order valence-electron chi connectivity index (χ4n) is 7.74.